The maximum absolute atomic E-state index is 8.54. The van der Waals surface area contributed by atoms with Crippen LogP contribution in [-0.4, -0.2) is 15.7 Å². The monoisotopic (exact) mass is 234 g/mol. The lowest BCUT2D eigenvalue weighted by Crippen LogP contribution is -1.77. The van der Waals surface area contributed by atoms with Crippen LogP contribution in [0.15, 0.2) is 60.7 Å². The summed E-state index contributed by atoms with van der Waals surface area (Å²) >= 11 is 0. The van der Waals surface area contributed by atoms with E-state index in [1.54, 1.807) is 0 Å². The van der Waals surface area contributed by atoms with Crippen molar-refractivity contribution in [2.45, 2.75) is 13.2 Å². The van der Waals surface area contributed by atoms with E-state index in [1.165, 1.54) is 0 Å². The molecular formula is C14H18O3. The highest BCUT2D eigenvalue weighted by atomic mass is 16.3. The molecule has 0 radical (unpaired) electrons. The summed E-state index contributed by atoms with van der Waals surface area (Å²) in [6, 6.07) is 19.0. The first-order valence-electron chi connectivity index (χ1n) is 5.16. The van der Waals surface area contributed by atoms with Crippen LogP contribution < -0.4 is 0 Å². The Kier molecular flexibility index (Phi) is 8.60. The third-order valence-electron chi connectivity index (χ3n) is 2.05. The molecule has 0 bridgehead atoms. The number of aliphatic hydroxyl groups excluding tert-OH is 2. The number of aliphatic hydroxyl groups is 2. The molecule has 2 rings (SSSR count). The van der Waals surface area contributed by atoms with Crippen molar-refractivity contribution in [2.24, 2.45) is 0 Å². The fourth-order valence-corrected chi connectivity index (χ4v) is 1.17. The Hall–Kier alpha value is -1.68. The predicted octanol–water partition coefficient (Wildman–Crippen LogP) is 1.53. The summed E-state index contributed by atoms with van der Waals surface area (Å²) in [5.41, 5.74) is 1.93. The molecule has 0 atom stereocenters. The predicted molar refractivity (Wildman–Crippen MR) is 68.3 cm³/mol. The Morgan fingerprint density at radius 3 is 1.06 bits per heavy atom. The number of rotatable bonds is 2. The van der Waals surface area contributed by atoms with E-state index in [2.05, 4.69) is 0 Å². The van der Waals surface area contributed by atoms with Crippen molar-refractivity contribution in [3.8, 4) is 0 Å². The Labute approximate surface area is 101 Å². The van der Waals surface area contributed by atoms with E-state index in [-0.39, 0.29) is 18.7 Å². The van der Waals surface area contributed by atoms with Gasteiger partial charge in [0.05, 0.1) is 13.2 Å². The Morgan fingerprint density at radius 2 is 0.882 bits per heavy atom. The second kappa shape index (κ2) is 9.54. The van der Waals surface area contributed by atoms with Gasteiger partial charge in [-0.1, -0.05) is 60.7 Å². The summed E-state index contributed by atoms with van der Waals surface area (Å²) in [6.45, 7) is 0.279. The van der Waals surface area contributed by atoms with E-state index in [9.17, 15) is 0 Å². The highest BCUT2D eigenvalue weighted by molar-refractivity contribution is 5.13. The van der Waals surface area contributed by atoms with Crippen molar-refractivity contribution in [1.82, 2.24) is 0 Å². The smallest absolute Gasteiger partial charge is 0.0681 e. The molecule has 0 aliphatic heterocycles. The molecule has 0 amide bonds. The van der Waals surface area contributed by atoms with Gasteiger partial charge in [-0.2, -0.15) is 0 Å². The van der Waals surface area contributed by atoms with Gasteiger partial charge in [0.25, 0.3) is 0 Å². The summed E-state index contributed by atoms with van der Waals surface area (Å²) in [4.78, 5) is 0. The lowest BCUT2D eigenvalue weighted by Gasteiger charge is -1.89. The maximum atomic E-state index is 8.54. The first kappa shape index (κ1) is 15.3. The molecule has 3 nitrogen and oxygen atoms in total. The van der Waals surface area contributed by atoms with E-state index in [0.29, 0.717) is 0 Å². The van der Waals surface area contributed by atoms with Crippen LogP contribution in [-0.2, 0) is 13.2 Å². The normalized spacial score (nSPS) is 8.59. The second-order valence-electron chi connectivity index (χ2n) is 3.29. The summed E-state index contributed by atoms with van der Waals surface area (Å²) < 4.78 is 0. The van der Waals surface area contributed by atoms with Gasteiger partial charge >= 0.3 is 0 Å². The molecule has 0 heterocycles. The topological polar surface area (TPSA) is 72.0 Å². The Balaban J connectivity index is 0.000000284. The molecule has 3 heteroatoms. The number of benzene rings is 2. The first-order chi connectivity index (χ1) is 7.86. The van der Waals surface area contributed by atoms with Gasteiger partial charge in [-0.05, 0) is 11.1 Å². The SMILES string of the molecule is O.OCc1ccccc1.OCc1ccccc1. The molecule has 0 aliphatic carbocycles. The van der Waals surface area contributed by atoms with Crippen LogP contribution in [0.3, 0.4) is 0 Å². The molecule has 2 aromatic rings. The van der Waals surface area contributed by atoms with Gasteiger partial charge in [-0.3, -0.25) is 0 Å². The van der Waals surface area contributed by atoms with Gasteiger partial charge in [0.15, 0.2) is 0 Å². The van der Waals surface area contributed by atoms with Crippen LogP contribution in [0.5, 0.6) is 0 Å². The van der Waals surface area contributed by atoms with Crippen molar-refractivity contribution < 1.29 is 15.7 Å². The van der Waals surface area contributed by atoms with Crippen LogP contribution in [0, 0.1) is 0 Å². The third kappa shape index (κ3) is 6.48. The first-order valence-corrected chi connectivity index (χ1v) is 5.16. The molecule has 17 heavy (non-hydrogen) atoms. The molecule has 0 fully saturated rings. The zero-order chi connectivity index (χ0) is 11.6. The molecule has 4 N–H and O–H groups in total. The molecule has 0 aliphatic rings. The average Bonchev–Trinajstić information content (AvgIpc) is 2.41. The quantitative estimate of drug-likeness (QED) is 0.827. The van der Waals surface area contributed by atoms with Crippen molar-refractivity contribution in [3.05, 3.63) is 71.8 Å². The van der Waals surface area contributed by atoms with E-state index >= 15 is 0 Å². The molecule has 0 saturated heterocycles. The average molecular weight is 234 g/mol. The third-order valence-corrected chi connectivity index (χ3v) is 2.05. The molecule has 0 saturated carbocycles. The van der Waals surface area contributed by atoms with Gasteiger partial charge in [-0.25, -0.2) is 0 Å². The van der Waals surface area contributed by atoms with E-state index in [1.807, 2.05) is 60.7 Å². The number of hydrogen-bond acceptors (Lipinski definition) is 2. The molecule has 0 aromatic heterocycles. The maximum Gasteiger partial charge on any atom is 0.0681 e. The summed E-state index contributed by atoms with van der Waals surface area (Å²) in [7, 11) is 0. The van der Waals surface area contributed by atoms with Gasteiger partial charge < -0.3 is 15.7 Å². The summed E-state index contributed by atoms with van der Waals surface area (Å²) in [5.74, 6) is 0. The van der Waals surface area contributed by atoms with Crippen molar-refractivity contribution in [1.29, 1.82) is 0 Å². The van der Waals surface area contributed by atoms with Gasteiger partial charge in [0, 0.05) is 0 Å². The minimum Gasteiger partial charge on any atom is -0.412 e. The fourth-order valence-electron chi connectivity index (χ4n) is 1.17. The van der Waals surface area contributed by atoms with Gasteiger partial charge in [0.2, 0.25) is 0 Å². The Bertz CT molecular complexity index is 334. The standard InChI is InChI=1S/2C7H8O.H2O/c2*8-6-7-4-2-1-3-5-7;/h2*1-5,8H,6H2;1H2. The molecular weight excluding hydrogens is 216 g/mol. The van der Waals surface area contributed by atoms with Crippen LogP contribution in [0.2, 0.25) is 0 Å². The minimum absolute atomic E-state index is 0. The lowest BCUT2D eigenvalue weighted by molar-refractivity contribution is 0.281. The molecule has 2 aromatic carbocycles. The molecule has 0 unspecified atom stereocenters. The van der Waals surface area contributed by atoms with E-state index in [0.717, 1.165) is 11.1 Å². The largest absolute Gasteiger partial charge is 0.412 e. The van der Waals surface area contributed by atoms with Crippen molar-refractivity contribution in [2.75, 3.05) is 0 Å². The highest BCUT2D eigenvalue weighted by Crippen LogP contribution is 1.96. The molecule has 0 spiro atoms. The summed E-state index contributed by atoms with van der Waals surface area (Å²) in [6.07, 6.45) is 0. The zero-order valence-corrected chi connectivity index (χ0v) is 9.58. The minimum atomic E-state index is 0. The molecule has 92 valence electrons. The fraction of sp³-hybridized carbons (Fsp3) is 0.143. The van der Waals surface area contributed by atoms with Crippen molar-refractivity contribution >= 4 is 0 Å². The summed E-state index contributed by atoms with van der Waals surface area (Å²) in [5, 5.41) is 17.1. The van der Waals surface area contributed by atoms with Gasteiger partial charge in [0.1, 0.15) is 0 Å². The lowest BCUT2D eigenvalue weighted by atomic mass is 10.2. The van der Waals surface area contributed by atoms with Gasteiger partial charge in [-0.15, -0.1) is 0 Å². The van der Waals surface area contributed by atoms with E-state index < -0.39 is 0 Å². The highest BCUT2D eigenvalue weighted by Gasteiger charge is 1.81. The van der Waals surface area contributed by atoms with Crippen LogP contribution in [0.4, 0.5) is 0 Å². The zero-order valence-electron chi connectivity index (χ0n) is 9.58. The Morgan fingerprint density at radius 1 is 0.588 bits per heavy atom. The van der Waals surface area contributed by atoms with Crippen molar-refractivity contribution in [3.63, 3.8) is 0 Å². The van der Waals surface area contributed by atoms with E-state index in [4.69, 9.17) is 10.2 Å². The number of hydrogen-bond donors (Lipinski definition) is 2. The second-order valence-corrected chi connectivity index (χ2v) is 3.29. The van der Waals surface area contributed by atoms with Crippen LogP contribution in [0.25, 0.3) is 0 Å². The van der Waals surface area contributed by atoms with Crippen LogP contribution in [0.1, 0.15) is 11.1 Å². The van der Waals surface area contributed by atoms with Crippen LogP contribution >= 0.6 is 0 Å².